The molecule has 0 atom stereocenters. The first kappa shape index (κ1) is 24.0. The Labute approximate surface area is 194 Å². The van der Waals surface area contributed by atoms with E-state index in [0.717, 1.165) is 6.07 Å². The third-order valence-electron chi connectivity index (χ3n) is 4.76. The third-order valence-corrected chi connectivity index (χ3v) is 5.00. The molecule has 0 spiro atoms. The molecule has 0 saturated heterocycles. The van der Waals surface area contributed by atoms with Gasteiger partial charge in [-0.2, -0.15) is 0 Å². The minimum absolute atomic E-state index is 0.107. The molecule has 2 amide bonds. The van der Waals surface area contributed by atoms with Crippen molar-refractivity contribution in [3.05, 3.63) is 82.4 Å². The fourth-order valence-electron chi connectivity index (χ4n) is 3.09. The van der Waals surface area contributed by atoms with E-state index in [9.17, 15) is 18.4 Å². The summed E-state index contributed by atoms with van der Waals surface area (Å²) in [6, 6.07) is 12.9. The van der Waals surface area contributed by atoms with Gasteiger partial charge in [0.25, 0.3) is 5.91 Å². The van der Waals surface area contributed by atoms with E-state index < -0.39 is 17.5 Å². The molecule has 2 N–H and O–H groups in total. The molecule has 0 unspecified atom stereocenters. The van der Waals surface area contributed by atoms with Crippen molar-refractivity contribution in [2.24, 2.45) is 0 Å². The van der Waals surface area contributed by atoms with Gasteiger partial charge in [0, 0.05) is 17.1 Å². The maximum Gasteiger partial charge on any atom is 0.258 e. The fraction of sp³-hybridized carbons (Fsp3) is 0.167. The van der Waals surface area contributed by atoms with Crippen LogP contribution < -0.4 is 20.1 Å². The van der Waals surface area contributed by atoms with Crippen molar-refractivity contribution in [3.8, 4) is 11.5 Å². The van der Waals surface area contributed by atoms with Gasteiger partial charge in [0.2, 0.25) is 5.91 Å². The monoisotopic (exact) mass is 474 g/mol. The van der Waals surface area contributed by atoms with Crippen molar-refractivity contribution in [2.45, 2.75) is 12.8 Å². The Morgan fingerprint density at radius 3 is 2.27 bits per heavy atom. The Hall–Kier alpha value is -3.65. The van der Waals surface area contributed by atoms with Gasteiger partial charge in [-0.15, -0.1) is 0 Å². The largest absolute Gasteiger partial charge is 0.495 e. The molecule has 0 bridgehead atoms. The normalized spacial score (nSPS) is 10.5. The number of hydrogen-bond acceptors (Lipinski definition) is 4. The number of hydrogen-bond donors (Lipinski definition) is 2. The molecule has 0 aliphatic carbocycles. The van der Waals surface area contributed by atoms with Crippen molar-refractivity contribution in [1.82, 2.24) is 0 Å². The Kier molecular flexibility index (Phi) is 7.84. The van der Waals surface area contributed by atoms with E-state index in [1.165, 1.54) is 44.6 Å². The average Bonchev–Trinajstić information content (AvgIpc) is 2.78. The molecule has 172 valence electrons. The van der Waals surface area contributed by atoms with Gasteiger partial charge in [0.05, 0.1) is 25.5 Å². The molecule has 6 nitrogen and oxygen atoms in total. The van der Waals surface area contributed by atoms with Crippen molar-refractivity contribution < 1.29 is 27.8 Å². The van der Waals surface area contributed by atoms with Crippen LogP contribution in [0.3, 0.4) is 0 Å². The molecule has 0 aromatic heterocycles. The van der Waals surface area contributed by atoms with Crippen molar-refractivity contribution >= 4 is 34.8 Å². The van der Waals surface area contributed by atoms with Crippen LogP contribution in [-0.2, 0) is 11.2 Å². The number of carbonyl (C=O) groups excluding carboxylic acids is 2. The Morgan fingerprint density at radius 2 is 1.61 bits per heavy atom. The van der Waals surface area contributed by atoms with Gasteiger partial charge in [0.1, 0.15) is 11.6 Å². The third kappa shape index (κ3) is 6.20. The lowest BCUT2D eigenvalue weighted by Gasteiger charge is -2.13. The van der Waals surface area contributed by atoms with E-state index in [2.05, 4.69) is 10.6 Å². The van der Waals surface area contributed by atoms with Crippen LogP contribution in [0.25, 0.3) is 0 Å². The lowest BCUT2D eigenvalue weighted by molar-refractivity contribution is -0.116. The van der Waals surface area contributed by atoms with Gasteiger partial charge in [-0.1, -0.05) is 17.7 Å². The first-order valence-corrected chi connectivity index (χ1v) is 10.2. The zero-order valence-electron chi connectivity index (χ0n) is 17.9. The summed E-state index contributed by atoms with van der Waals surface area (Å²) in [5.41, 5.74) is 1.10. The van der Waals surface area contributed by atoms with Crippen LogP contribution in [0, 0.1) is 11.6 Å². The first-order valence-electron chi connectivity index (χ1n) is 9.87. The second-order valence-electron chi connectivity index (χ2n) is 7.01. The number of amides is 2. The molecule has 0 heterocycles. The Morgan fingerprint density at radius 1 is 0.879 bits per heavy atom. The molecule has 3 aromatic rings. The number of ether oxygens (including phenoxy) is 2. The van der Waals surface area contributed by atoms with Gasteiger partial charge in [-0.25, -0.2) is 8.78 Å². The number of benzene rings is 3. The van der Waals surface area contributed by atoms with Crippen LogP contribution in [0.5, 0.6) is 11.5 Å². The summed E-state index contributed by atoms with van der Waals surface area (Å²) < 4.78 is 38.0. The summed E-state index contributed by atoms with van der Waals surface area (Å²) in [6.07, 6.45) is 0.428. The van der Waals surface area contributed by atoms with Crippen LogP contribution in [0.2, 0.25) is 5.02 Å². The van der Waals surface area contributed by atoms with Crippen LogP contribution in [0.4, 0.5) is 20.2 Å². The Balaban J connectivity index is 1.67. The molecule has 33 heavy (non-hydrogen) atoms. The molecular weight excluding hydrogens is 454 g/mol. The summed E-state index contributed by atoms with van der Waals surface area (Å²) in [5, 5.41) is 5.46. The van der Waals surface area contributed by atoms with Gasteiger partial charge < -0.3 is 20.1 Å². The summed E-state index contributed by atoms with van der Waals surface area (Å²) in [4.78, 5) is 24.9. The van der Waals surface area contributed by atoms with E-state index >= 15 is 0 Å². The number of nitrogens with one attached hydrogen (secondary N) is 2. The minimum atomic E-state index is -0.765. The van der Waals surface area contributed by atoms with Crippen molar-refractivity contribution in [1.29, 1.82) is 0 Å². The van der Waals surface area contributed by atoms with E-state index in [4.69, 9.17) is 21.1 Å². The standard InChI is InChI=1S/C24H21ClF2N2O4/c1-32-21-8-3-14(11-19(21)27)4-10-23(30)28-16-6-9-22(33-2)20(13-16)29-24(31)17-7-5-15(25)12-18(17)26/h3,5-9,11-13H,4,10H2,1-2H3,(H,28,30)(H,29,31). The highest BCUT2D eigenvalue weighted by molar-refractivity contribution is 6.30. The predicted octanol–water partition coefficient (Wildman–Crippen LogP) is 5.46. The van der Waals surface area contributed by atoms with Gasteiger partial charge >= 0.3 is 0 Å². The molecule has 0 saturated carbocycles. The lowest BCUT2D eigenvalue weighted by Crippen LogP contribution is -2.16. The van der Waals surface area contributed by atoms with E-state index in [1.54, 1.807) is 18.2 Å². The number of rotatable bonds is 8. The van der Waals surface area contributed by atoms with Crippen molar-refractivity contribution in [3.63, 3.8) is 0 Å². The molecule has 0 aliphatic rings. The van der Waals surface area contributed by atoms with E-state index in [-0.39, 0.29) is 34.4 Å². The van der Waals surface area contributed by atoms with Crippen LogP contribution in [0.15, 0.2) is 54.6 Å². The molecule has 0 radical (unpaired) electrons. The highest BCUT2D eigenvalue weighted by atomic mass is 35.5. The highest BCUT2D eigenvalue weighted by Crippen LogP contribution is 2.29. The minimum Gasteiger partial charge on any atom is -0.495 e. The molecule has 0 fully saturated rings. The Bertz CT molecular complexity index is 1190. The fourth-order valence-corrected chi connectivity index (χ4v) is 3.25. The van der Waals surface area contributed by atoms with Gasteiger partial charge in [-0.05, 0) is 60.5 Å². The number of methoxy groups -OCH3 is 2. The zero-order chi connectivity index (χ0) is 24.0. The van der Waals surface area contributed by atoms with E-state index in [1.807, 2.05) is 0 Å². The quantitative estimate of drug-likeness (QED) is 0.454. The lowest BCUT2D eigenvalue weighted by atomic mass is 10.1. The second kappa shape index (κ2) is 10.8. The molecule has 3 rings (SSSR count). The first-order chi connectivity index (χ1) is 15.8. The maximum absolute atomic E-state index is 14.1. The molecular formula is C24H21ClF2N2O4. The molecule has 9 heteroatoms. The summed E-state index contributed by atoms with van der Waals surface area (Å²) in [6.45, 7) is 0. The summed E-state index contributed by atoms with van der Waals surface area (Å²) in [7, 11) is 2.79. The molecule has 3 aromatic carbocycles. The van der Waals surface area contributed by atoms with Crippen LogP contribution in [0.1, 0.15) is 22.3 Å². The van der Waals surface area contributed by atoms with E-state index in [0.29, 0.717) is 23.4 Å². The number of anilines is 2. The number of carbonyl (C=O) groups is 2. The predicted molar refractivity (Wildman–Crippen MR) is 122 cm³/mol. The van der Waals surface area contributed by atoms with Crippen LogP contribution >= 0.6 is 11.6 Å². The summed E-state index contributed by atoms with van der Waals surface area (Å²) >= 11 is 5.73. The van der Waals surface area contributed by atoms with Crippen molar-refractivity contribution in [2.75, 3.05) is 24.9 Å². The number of aryl methyl sites for hydroxylation is 1. The second-order valence-corrected chi connectivity index (χ2v) is 7.45. The highest BCUT2D eigenvalue weighted by Gasteiger charge is 2.15. The maximum atomic E-state index is 14.1. The molecule has 0 aliphatic heterocycles. The zero-order valence-corrected chi connectivity index (χ0v) is 18.6. The topological polar surface area (TPSA) is 76.7 Å². The average molecular weight is 475 g/mol. The smallest absolute Gasteiger partial charge is 0.258 e. The van der Waals surface area contributed by atoms with Crippen LogP contribution in [-0.4, -0.2) is 26.0 Å². The summed E-state index contributed by atoms with van der Waals surface area (Å²) in [5.74, 6) is -1.81. The number of halogens is 3. The SMILES string of the molecule is COc1ccc(CCC(=O)Nc2ccc(OC)c(NC(=O)c3ccc(Cl)cc3F)c2)cc1F. The van der Waals surface area contributed by atoms with Gasteiger partial charge in [0.15, 0.2) is 11.6 Å². The van der Waals surface area contributed by atoms with Gasteiger partial charge in [-0.3, -0.25) is 9.59 Å².